The van der Waals surface area contributed by atoms with Crippen LogP contribution < -0.4 is 10.6 Å². The molecular formula is C14H25IN4OS2. The molecule has 0 fully saturated rings. The summed E-state index contributed by atoms with van der Waals surface area (Å²) in [6.45, 7) is 3.80. The van der Waals surface area contributed by atoms with Crippen molar-refractivity contribution in [1.29, 1.82) is 0 Å². The average molecular weight is 456 g/mol. The summed E-state index contributed by atoms with van der Waals surface area (Å²) in [5.74, 6) is 1.68. The van der Waals surface area contributed by atoms with Crippen LogP contribution in [0.15, 0.2) is 17.1 Å². The Bertz CT molecular complexity index is 477. The first-order valence-corrected chi connectivity index (χ1v) is 9.00. The van der Waals surface area contributed by atoms with Crippen LogP contribution in [-0.4, -0.2) is 56.0 Å². The molecule has 0 aliphatic heterocycles. The van der Waals surface area contributed by atoms with Crippen LogP contribution in [0, 0.1) is 6.92 Å². The van der Waals surface area contributed by atoms with Gasteiger partial charge in [-0.25, -0.2) is 4.99 Å². The molecule has 0 aromatic carbocycles. The summed E-state index contributed by atoms with van der Waals surface area (Å²) in [5.41, 5.74) is 0. The van der Waals surface area contributed by atoms with Gasteiger partial charge in [-0.1, -0.05) is 0 Å². The number of amides is 1. The number of thiophene rings is 1. The van der Waals surface area contributed by atoms with Crippen molar-refractivity contribution in [3.05, 3.63) is 21.9 Å². The molecular weight excluding hydrogens is 431 g/mol. The molecule has 0 saturated carbocycles. The van der Waals surface area contributed by atoms with Gasteiger partial charge in [0, 0.05) is 36.1 Å². The number of aliphatic imine (C=N–C) groups is 1. The van der Waals surface area contributed by atoms with Crippen molar-refractivity contribution in [3.63, 3.8) is 0 Å². The zero-order valence-electron chi connectivity index (χ0n) is 13.5. The largest absolute Gasteiger partial charge is 0.356 e. The van der Waals surface area contributed by atoms with E-state index in [4.69, 9.17) is 0 Å². The van der Waals surface area contributed by atoms with Gasteiger partial charge >= 0.3 is 0 Å². The van der Waals surface area contributed by atoms with E-state index in [1.165, 1.54) is 9.75 Å². The Kier molecular flexibility index (Phi) is 11.7. The number of likely N-dealkylation sites (N-methyl/N-ethyl adjacent to an activating group) is 1. The summed E-state index contributed by atoms with van der Waals surface area (Å²) in [5, 5.41) is 6.52. The zero-order valence-corrected chi connectivity index (χ0v) is 17.5. The number of guanidine groups is 1. The summed E-state index contributed by atoms with van der Waals surface area (Å²) in [7, 11) is 3.47. The molecule has 2 N–H and O–H groups in total. The Balaban J connectivity index is 0.00000441. The molecule has 0 bridgehead atoms. The van der Waals surface area contributed by atoms with E-state index in [0.29, 0.717) is 5.96 Å². The van der Waals surface area contributed by atoms with Crippen LogP contribution in [0.3, 0.4) is 0 Å². The van der Waals surface area contributed by atoms with E-state index in [0.717, 1.165) is 18.8 Å². The van der Waals surface area contributed by atoms with E-state index >= 15 is 0 Å². The molecule has 22 heavy (non-hydrogen) atoms. The number of aryl methyl sites for hydroxylation is 1. The Hall–Kier alpha value is -0.480. The first kappa shape index (κ1) is 21.5. The van der Waals surface area contributed by atoms with Crippen LogP contribution in [0.1, 0.15) is 9.75 Å². The standard InChI is InChI=1S/C14H24N4OS2.HI/c1-11-5-6-12(21-11)9-16-14(15-7-8-20-4)17-10-13(19)18(2)3;/h5-6H,7-10H2,1-4H3,(H2,15,16,17);1H. The Labute approximate surface area is 158 Å². The fourth-order valence-electron chi connectivity index (χ4n) is 1.48. The topological polar surface area (TPSA) is 56.7 Å². The van der Waals surface area contributed by atoms with E-state index in [1.54, 1.807) is 42.1 Å². The number of nitrogens with one attached hydrogen (secondary N) is 2. The summed E-state index contributed by atoms with van der Waals surface area (Å²) >= 11 is 3.54. The van der Waals surface area contributed by atoms with Crippen molar-refractivity contribution in [1.82, 2.24) is 15.5 Å². The third kappa shape index (κ3) is 8.84. The highest BCUT2D eigenvalue weighted by Crippen LogP contribution is 2.14. The Morgan fingerprint density at radius 1 is 1.36 bits per heavy atom. The van der Waals surface area contributed by atoms with Crippen LogP contribution in [-0.2, 0) is 11.3 Å². The van der Waals surface area contributed by atoms with E-state index in [2.05, 4.69) is 40.9 Å². The first-order valence-electron chi connectivity index (χ1n) is 6.79. The summed E-state index contributed by atoms with van der Waals surface area (Å²) in [4.78, 5) is 20.1. The minimum absolute atomic E-state index is 0. The van der Waals surface area contributed by atoms with Crippen LogP contribution in [0.2, 0.25) is 0 Å². The van der Waals surface area contributed by atoms with Gasteiger partial charge in [-0.2, -0.15) is 11.8 Å². The maximum absolute atomic E-state index is 11.6. The smallest absolute Gasteiger partial charge is 0.243 e. The molecule has 0 saturated heterocycles. The van der Waals surface area contributed by atoms with Gasteiger partial charge in [-0.15, -0.1) is 35.3 Å². The first-order chi connectivity index (χ1) is 10.0. The van der Waals surface area contributed by atoms with Gasteiger partial charge in [0.25, 0.3) is 0 Å². The van der Waals surface area contributed by atoms with Crippen molar-refractivity contribution in [2.75, 3.05) is 39.2 Å². The number of thioether (sulfide) groups is 1. The molecule has 1 heterocycles. The predicted octanol–water partition coefficient (Wildman–Crippen LogP) is 2.16. The Morgan fingerprint density at radius 3 is 2.64 bits per heavy atom. The molecule has 1 aromatic rings. The lowest BCUT2D eigenvalue weighted by Crippen LogP contribution is -2.39. The molecule has 0 spiro atoms. The number of hydrogen-bond donors (Lipinski definition) is 2. The average Bonchev–Trinajstić information content (AvgIpc) is 2.86. The van der Waals surface area contributed by atoms with Gasteiger partial charge < -0.3 is 15.5 Å². The molecule has 126 valence electrons. The van der Waals surface area contributed by atoms with Gasteiger partial charge in [-0.3, -0.25) is 4.79 Å². The van der Waals surface area contributed by atoms with Gasteiger partial charge in [0.15, 0.2) is 5.96 Å². The van der Waals surface area contributed by atoms with Crippen molar-refractivity contribution in [2.24, 2.45) is 4.99 Å². The van der Waals surface area contributed by atoms with Gasteiger partial charge in [0.2, 0.25) is 5.91 Å². The molecule has 1 aromatic heterocycles. The highest BCUT2D eigenvalue weighted by Gasteiger charge is 2.05. The lowest BCUT2D eigenvalue weighted by atomic mass is 10.4. The third-order valence-electron chi connectivity index (χ3n) is 2.70. The monoisotopic (exact) mass is 456 g/mol. The minimum Gasteiger partial charge on any atom is -0.356 e. The fraction of sp³-hybridized carbons (Fsp3) is 0.571. The van der Waals surface area contributed by atoms with E-state index in [9.17, 15) is 4.79 Å². The fourth-order valence-corrected chi connectivity index (χ4v) is 2.62. The third-order valence-corrected chi connectivity index (χ3v) is 4.31. The van der Waals surface area contributed by atoms with Gasteiger partial charge in [0.1, 0.15) is 6.54 Å². The van der Waals surface area contributed by atoms with Crippen LogP contribution >= 0.6 is 47.1 Å². The van der Waals surface area contributed by atoms with E-state index in [-0.39, 0.29) is 36.4 Å². The maximum Gasteiger partial charge on any atom is 0.243 e. The zero-order chi connectivity index (χ0) is 15.7. The molecule has 0 unspecified atom stereocenters. The number of nitrogens with zero attached hydrogens (tertiary/aromatic N) is 2. The number of rotatable bonds is 7. The summed E-state index contributed by atoms with van der Waals surface area (Å²) in [6.07, 6.45) is 2.07. The molecule has 5 nitrogen and oxygen atoms in total. The van der Waals surface area contributed by atoms with Crippen molar-refractivity contribution < 1.29 is 4.79 Å². The Morgan fingerprint density at radius 2 is 2.09 bits per heavy atom. The molecule has 0 aliphatic carbocycles. The number of carbonyl (C=O) groups excluding carboxylic acids is 1. The van der Waals surface area contributed by atoms with Crippen molar-refractivity contribution in [3.8, 4) is 0 Å². The molecule has 0 radical (unpaired) electrons. The second-order valence-corrected chi connectivity index (χ2v) is 7.10. The maximum atomic E-state index is 11.6. The van der Waals surface area contributed by atoms with Crippen molar-refractivity contribution in [2.45, 2.75) is 13.5 Å². The molecule has 0 atom stereocenters. The summed E-state index contributed by atoms with van der Waals surface area (Å²) < 4.78 is 0. The number of carbonyl (C=O) groups is 1. The van der Waals surface area contributed by atoms with Crippen molar-refractivity contribution >= 4 is 58.9 Å². The van der Waals surface area contributed by atoms with Crippen LogP contribution in [0.4, 0.5) is 0 Å². The van der Waals surface area contributed by atoms with Gasteiger partial charge in [-0.05, 0) is 25.3 Å². The lowest BCUT2D eigenvalue weighted by Gasteiger charge is -2.13. The number of halogens is 1. The van der Waals surface area contributed by atoms with E-state index < -0.39 is 0 Å². The van der Waals surface area contributed by atoms with Gasteiger partial charge in [0.05, 0.1) is 6.54 Å². The quantitative estimate of drug-likeness (QED) is 0.286. The highest BCUT2D eigenvalue weighted by molar-refractivity contribution is 14.0. The second-order valence-electron chi connectivity index (χ2n) is 4.74. The SMILES string of the molecule is CSCCNC(=NCC(=O)N(C)C)NCc1ccc(C)s1.I. The predicted molar refractivity (Wildman–Crippen MR) is 109 cm³/mol. The van der Waals surface area contributed by atoms with Crippen LogP contribution in [0.25, 0.3) is 0 Å². The molecule has 1 rings (SSSR count). The lowest BCUT2D eigenvalue weighted by molar-refractivity contribution is -0.127. The molecule has 0 aliphatic rings. The minimum atomic E-state index is -0.00654. The van der Waals surface area contributed by atoms with E-state index in [1.807, 2.05) is 0 Å². The molecule has 1 amide bonds. The normalized spacial score (nSPS) is 10.8. The van der Waals surface area contributed by atoms with Crippen LogP contribution in [0.5, 0.6) is 0 Å². The number of hydrogen-bond acceptors (Lipinski definition) is 4. The molecule has 8 heteroatoms. The second kappa shape index (κ2) is 12.0. The summed E-state index contributed by atoms with van der Waals surface area (Å²) in [6, 6.07) is 4.21. The highest BCUT2D eigenvalue weighted by atomic mass is 127.